The maximum atomic E-state index is 12.0. The van der Waals surface area contributed by atoms with Crippen LogP contribution in [0.3, 0.4) is 0 Å². The Balaban J connectivity index is 2.07. The number of rotatable bonds is 4. The minimum atomic E-state index is -0.709. The lowest BCUT2D eigenvalue weighted by atomic mass is 10.1. The predicted octanol–water partition coefficient (Wildman–Crippen LogP) is 5.01. The van der Waals surface area contributed by atoms with Crippen LogP contribution in [0.25, 0.3) is 0 Å². The first-order valence-corrected chi connectivity index (χ1v) is 7.62. The lowest BCUT2D eigenvalue weighted by Gasteiger charge is -2.11. The molecule has 0 saturated heterocycles. The zero-order valence-electron chi connectivity index (χ0n) is 13.6. The summed E-state index contributed by atoms with van der Waals surface area (Å²) in [6.07, 6.45) is 1.20. The maximum absolute atomic E-state index is 12.0. The van der Waals surface area contributed by atoms with Gasteiger partial charge in [0, 0.05) is 0 Å². The quantitative estimate of drug-likeness (QED) is 0.588. The highest BCUT2D eigenvalue weighted by molar-refractivity contribution is 5.68. The largest absolute Gasteiger partial charge is 0.519 e. The first-order chi connectivity index (χ1) is 10.5. The average molecular weight is 298 g/mol. The summed E-state index contributed by atoms with van der Waals surface area (Å²) in [5.41, 5.74) is 4.28. The Bertz CT molecular complexity index is 617. The number of aryl methyl sites for hydroxylation is 4. The maximum Gasteiger partial charge on any atom is 0.519 e. The lowest BCUT2D eigenvalue weighted by Crippen LogP contribution is -2.15. The summed E-state index contributed by atoms with van der Waals surface area (Å²) in [7, 11) is 0. The van der Waals surface area contributed by atoms with E-state index in [1.54, 1.807) is 0 Å². The van der Waals surface area contributed by atoms with Crippen LogP contribution in [0.15, 0.2) is 36.4 Å². The molecule has 3 heteroatoms. The molecule has 0 saturated carbocycles. The molecule has 116 valence electrons. The van der Waals surface area contributed by atoms with Gasteiger partial charge in [-0.2, -0.15) is 0 Å². The molecule has 3 nitrogen and oxygen atoms in total. The van der Waals surface area contributed by atoms with E-state index in [1.807, 2.05) is 50.2 Å². The number of carbonyl (C=O) groups is 1. The van der Waals surface area contributed by atoms with Crippen molar-refractivity contribution in [2.24, 2.45) is 0 Å². The van der Waals surface area contributed by atoms with Gasteiger partial charge in [0.15, 0.2) is 0 Å². The van der Waals surface area contributed by atoms with Crippen LogP contribution in [-0.4, -0.2) is 6.16 Å². The van der Waals surface area contributed by atoms with Crippen LogP contribution in [0.5, 0.6) is 11.5 Å². The molecule has 0 aliphatic rings. The molecule has 2 rings (SSSR count). The molecule has 2 aromatic rings. The first kappa shape index (κ1) is 16.1. The second-order valence-corrected chi connectivity index (χ2v) is 5.36. The summed E-state index contributed by atoms with van der Waals surface area (Å²) < 4.78 is 10.6. The van der Waals surface area contributed by atoms with E-state index in [9.17, 15) is 4.79 Å². The van der Waals surface area contributed by atoms with Gasteiger partial charge in [-0.1, -0.05) is 38.1 Å². The van der Waals surface area contributed by atoms with E-state index in [0.717, 1.165) is 24.0 Å². The van der Waals surface area contributed by atoms with Gasteiger partial charge in [0.2, 0.25) is 0 Å². The Morgan fingerprint density at radius 2 is 1.23 bits per heavy atom. The Morgan fingerprint density at radius 3 is 1.55 bits per heavy atom. The molecule has 0 unspecified atom stereocenters. The predicted molar refractivity (Wildman–Crippen MR) is 87.8 cm³/mol. The van der Waals surface area contributed by atoms with Crippen LogP contribution in [0.1, 0.15) is 36.1 Å². The van der Waals surface area contributed by atoms with Crippen molar-refractivity contribution in [2.45, 2.75) is 40.5 Å². The van der Waals surface area contributed by atoms with Crippen molar-refractivity contribution in [2.75, 3.05) is 0 Å². The fraction of sp³-hybridized carbons (Fsp3) is 0.316. The highest BCUT2D eigenvalue weighted by Crippen LogP contribution is 2.23. The van der Waals surface area contributed by atoms with Gasteiger partial charge in [-0.25, -0.2) is 4.79 Å². The van der Waals surface area contributed by atoms with E-state index in [2.05, 4.69) is 13.8 Å². The van der Waals surface area contributed by atoms with Gasteiger partial charge in [0.1, 0.15) is 11.5 Å². The van der Waals surface area contributed by atoms with Crippen LogP contribution in [0.4, 0.5) is 4.79 Å². The molecule has 0 fully saturated rings. The summed E-state index contributed by atoms with van der Waals surface area (Å²) in [5.74, 6) is 1.06. The topological polar surface area (TPSA) is 35.5 Å². The number of hydrogen-bond acceptors (Lipinski definition) is 3. The van der Waals surface area contributed by atoms with Crippen molar-refractivity contribution in [1.82, 2.24) is 0 Å². The number of ether oxygens (including phenoxy) is 2. The Kier molecular flexibility index (Phi) is 5.21. The number of hydrogen-bond donors (Lipinski definition) is 0. The molecule has 0 N–H and O–H groups in total. The van der Waals surface area contributed by atoms with Crippen molar-refractivity contribution in [1.29, 1.82) is 0 Å². The fourth-order valence-corrected chi connectivity index (χ4v) is 2.29. The van der Waals surface area contributed by atoms with Crippen LogP contribution in [-0.2, 0) is 12.8 Å². The van der Waals surface area contributed by atoms with E-state index in [0.29, 0.717) is 11.5 Å². The van der Waals surface area contributed by atoms with Gasteiger partial charge in [-0.15, -0.1) is 0 Å². The SMILES string of the molecule is CCc1ccc(OC(=O)Oc2ccc(CC)cc2C)c(C)c1. The van der Waals surface area contributed by atoms with Crippen molar-refractivity contribution in [3.63, 3.8) is 0 Å². The third-order valence-corrected chi connectivity index (χ3v) is 3.68. The van der Waals surface area contributed by atoms with Gasteiger partial charge < -0.3 is 9.47 Å². The van der Waals surface area contributed by atoms with Crippen molar-refractivity contribution in [3.05, 3.63) is 58.7 Å². The number of carbonyl (C=O) groups excluding carboxylic acids is 1. The van der Waals surface area contributed by atoms with E-state index in [1.165, 1.54) is 11.1 Å². The second-order valence-electron chi connectivity index (χ2n) is 5.36. The van der Waals surface area contributed by atoms with E-state index < -0.39 is 6.16 Å². The fourth-order valence-electron chi connectivity index (χ4n) is 2.29. The standard InChI is InChI=1S/C19H22O3/c1-5-15-7-9-17(13(3)11-15)21-19(20)22-18-10-8-16(6-2)12-14(18)4/h7-12H,5-6H2,1-4H3. The average Bonchev–Trinajstić information content (AvgIpc) is 2.51. The summed E-state index contributed by atoms with van der Waals surface area (Å²) >= 11 is 0. The normalized spacial score (nSPS) is 10.4. The molecule has 0 aliphatic carbocycles. The molecule has 2 aromatic carbocycles. The highest BCUT2D eigenvalue weighted by atomic mass is 16.7. The van der Waals surface area contributed by atoms with E-state index >= 15 is 0 Å². The van der Waals surface area contributed by atoms with Gasteiger partial charge in [-0.05, 0) is 61.1 Å². The van der Waals surface area contributed by atoms with Gasteiger partial charge in [0.05, 0.1) is 0 Å². The zero-order valence-corrected chi connectivity index (χ0v) is 13.6. The summed E-state index contributed by atoms with van der Waals surface area (Å²) in [6, 6.07) is 11.6. The third kappa shape index (κ3) is 3.88. The molecule has 0 aliphatic heterocycles. The number of benzene rings is 2. The zero-order chi connectivity index (χ0) is 16.1. The summed E-state index contributed by atoms with van der Waals surface area (Å²) in [5, 5.41) is 0. The van der Waals surface area contributed by atoms with Crippen molar-refractivity contribution < 1.29 is 14.3 Å². The molecule has 0 aromatic heterocycles. The Morgan fingerprint density at radius 1 is 0.818 bits per heavy atom. The highest BCUT2D eigenvalue weighted by Gasteiger charge is 2.12. The van der Waals surface area contributed by atoms with Crippen molar-refractivity contribution in [3.8, 4) is 11.5 Å². The molecule has 0 amide bonds. The monoisotopic (exact) mass is 298 g/mol. The molecule has 0 radical (unpaired) electrons. The van der Waals surface area contributed by atoms with Gasteiger partial charge in [-0.3, -0.25) is 0 Å². The van der Waals surface area contributed by atoms with Crippen LogP contribution in [0, 0.1) is 13.8 Å². The molecule has 0 bridgehead atoms. The molecule has 0 spiro atoms. The molecule has 0 heterocycles. The van der Waals surface area contributed by atoms with Crippen LogP contribution < -0.4 is 9.47 Å². The molecule has 0 atom stereocenters. The van der Waals surface area contributed by atoms with Crippen LogP contribution in [0.2, 0.25) is 0 Å². The van der Waals surface area contributed by atoms with E-state index in [4.69, 9.17) is 9.47 Å². The second kappa shape index (κ2) is 7.12. The van der Waals surface area contributed by atoms with Crippen molar-refractivity contribution >= 4 is 6.16 Å². The van der Waals surface area contributed by atoms with Gasteiger partial charge >= 0.3 is 6.16 Å². The molecule has 22 heavy (non-hydrogen) atoms. The van der Waals surface area contributed by atoms with E-state index in [-0.39, 0.29) is 0 Å². The molecular formula is C19H22O3. The van der Waals surface area contributed by atoms with Gasteiger partial charge in [0.25, 0.3) is 0 Å². The third-order valence-electron chi connectivity index (χ3n) is 3.68. The molecular weight excluding hydrogens is 276 g/mol. The minimum absolute atomic E-state index is 0.532. The smallest absolute Gasteiger partial charge is 0.394 e. The lowest BCUT2D eigenvalue weighted by molar-refractivity contribution is 0.151. The minimum Gasteiger partial charge on any atom is -0.394 e. The summed E-state index contributed by atoms with van der Waals surface area (Å²) in [4.78, 5) is 12.0. The van der Waals surface area contributed by atoms with Crippen LogP contribution >= 0.6 is 0 Å². The Hall–Kier alpha value is -2.29. The summed E-state index contributed by atoms with van der Waals surface area (Å²) in [6.45, 7) is 8.02. The Labute approximate surface area is 131 Å². The first-order valence-electron chi connectivity index (χ1n) is 7.62.